The first-order valence-corrected chi connectivity index (χ1v) is 8.20. The minimum Gasteiger partial charge on any atom is -0.446 e. The zero-order valence-corrected chi connectivity index (χ0v) is 11.9. The SMILES string of the molecule is CC1CCCCC1CNS(=O)(=O)c1ccc(CO)o1. The highest BCUT2D eigenvalue weighted by atomic mass is 32.2. The molecule has 6 heteroatoms. The van der Waals surface area contributed by atoms with Gasteiger partial charge in [-0.1, -0.05) is 26.2 Å². The molecule has 1 aromatic rings. The molecule has 1 aliphatic rings. The maximum absolute atomic E-state index is 12.0. The Morgan fingerprint density at radius 1 is 1.37 bits per heavy atom. The fourth-order valence-corrected chi connectivity index (χ4v) is 3.61. The van der Waals surface area contributed by atoms with Gasteiger partial charge in [0.05, 0.1) is 0 Å². The number of hydrogen-bond donors (Lipinski definition) is 2. The standard InChI is InChI=1S/C13H21NO4S/c1-10-4-2-3-5-11(10)8-14-19(16,17)13-7-6-12(9-15)18-13/h6-7,10-11,14-15H,2-5,8-9H2,1H3. The number of aliphatic hydroxyl groups excluding tert-OH is 1. The van der Waals surface area contributed by atoms with Crippen LogP contribution in [0.3, 0.4) is 0 Å². The van der Waals surface area contributed by atoms with E-state index < -0.39 is 10.0 Å². The van der Waals surface area contributed by atoms with Crippen molar-refractivity contribution in [2.45, 2.75) is 44.3 Å². The van der Waals surface area contributed by atoms with Gasteiger partial charge in [-0.2, -0.15) is 0 Å². The van der Waals surface area contributed by atoms with Gasteiger partial charge < -0.3 is 9.52 Å². The first kappa shape index (κ1) is 14.6. The summed E-state index contributed by atoms with van der Waals surface area (Å²) in [6.45, 7) is 2.34. The quantitative estimate of drug-likeness (QED) is 0.866. The Labute approximate surface area is 114 Å². The number of hydrogen-bond acceptors (Lipinski definition) is 4. The number of aliphatic hydroxyl groups is 1. The normalized spacial score (nSPS) is 24.5. The maximum Gasteiger partial charge on any atom is 0.273 e. The van der Waals surface area contributed by atoms with Crippen LogP contribution in [-0.4, -0.2) is 20.1 Å². The second-order valence-corrected chi connectivity index (χ2v) is 6.95. The Kier molecular flexibility index (Phi) is 4.65. The fourth-order valence-electron chi connectivity index (χ4n) is 2.57. The number of furan rings is 1. The molecule has 1 aromatic heterocycles. The highest BCUT2D eigenvalue weighted by molar-refractivity contribution is 7.89. The van der Waals surface area contributed by atoms with E-state index in [1.807, 2.05) is 0 Å². The maximum atomic E-state index is 12.0. The van der Waals surface area contributed by atoms with Crippen molar-refractivity contribution in [3.63, 3.8) is 0 Å². The minimum atomic E-state index is -3.60. The van der Waals surface area contributed by atoms with Crippen LogP contribution in [-0.2, 0) is 16.6 Å². The van der Waals surface area contributed by atoms with Crippen LogP contribution in [0.25, 0.3) is 0 Å². The lowest BCUT2D eigenvalue weighted by molar-refractivity contribution is 0.235. The Balaban J connectivity index is 1.97. The molecule has 2 N–H and O–H groups in total. The van der Waals surface area contributed by atoms with E-state index in [0.29, 0.717) is 18.4 Å². The first-order valence-electron chi connectivity index (χ1n) is 6.72. The van der Waals surface area contributed by atoms with E-state index in [1.165, 1.54) is 31.4 Å². The summed E-state index contributed by atoms with van der Waals surface area (Å²) in [6.07, 6.45) is 4.65. The molecule has 108 valence electrons. The van der Waals surface area contributed by atoms with Gasteiger partial charge in [0.15, 0.2) is 0 Å². The van der Waals surface area contributed by atoms with Gasteiger partial charge in [0.1, 0.15) is 12.4 Å². The monoisotopic (exact) mass is 287 g/mol. The third-order valence-electron chi connectivity index (χ3n) is 3.88. The van der Waals surface area contributed by atoms with Crippen molar-refractivity contribution in [3.8, 4) is 0 Å². The van der Waals surface area contributed by atoms with Crippen LogP contribution in [0.4, 0.5) is 0 Å². The zero-order valence-electron chi connectivity index (χ0n) is 11.1. The smallest absolute Gasteiger partial charge is 0.273 e. The molecule has 0 aromatic carbocycles. The van der Waals surface area contributed by atoms with Gasteiger partial charge in [0.2, 0.25) is 5.09 Å². The summed E-state index contributed by atoms with van der Waals surface area (Å²) in [5.74, 6) is 1.21. The molecule has 5 nitrogen and oxygen atoms in total. The third-order valence-corrected chi connectivity index (χ3v) is 5.18. The van der Waals surface area contributed by atoms with E-state index in [9.17, 15) is 8.42 Å². The fraction of sp³-hybridized carbons (Fsp3) is 0.692. The van der Waals surface area contributed by atoms with Crippen LogP contribution in [0.2, 0.25) is 0 Å². The summed E-state index contributed by atoms with van der Waals surface area (Å²) in [5, 5.41) is 8.75. The van der Waals surface area contributed by atoms with E-state index in [4.69, 9.17) is 9.52 Å². The summed E-state index contributed by atoms with van der Waals surface area (Å²) in [6, 6.07) is 2.84. The molecular formula is C13H21NO4S. The van der Waals surface area contributed by atoms with Crippen molar-refractivity contribution in [2.24, 2.45) is 11.8 Å². The van der Waals surface area contributed by atoms with Gasteiger partial charge in [-0.05, 0) is 30.4 Å². The first-order chi connectivity index (χ1) is 9.03. The lowest BCUT2D eigenvalue weighted by Gasteiger charge is -2.28. The van der Waals surface area contributed by atoms with Crippen molar-refractivity contribution < 1.29 is 17.9 Å². The summed E-state index contributed by atoms with van der Waals surface area (Å²) in [5.41, 5.74) is 0. The Hall–Kier alpha value is -0.850. The van der Waals surface area contributed by atoms with Gasteiger partial charge >= 0.3 is 0 Å². The summed E-state index contributed by atoms with van der Waals surface area (Å²) in [4.78, 5) is 0. The molecule has 0 aliphatic heterocycles. The van der Waals surface area contributed by atoms with Crippen molar-refractivity contribution in [3.05, 3.63) is 17.9 Å². The van der Waals surface area contributed by atoms with Crippen LogP contribution >= 0.6 is 0 Å². The van der Waals surface area contributed by atoms with Gasteiger partial charge in [0, 0.05) is 6.54 Å². The molecule has 1 aliphatic carbocycles. The molecule has 2 rings (SSSR count). The Morgan fingerprint density at radius 2 is 2.11 bits per heavy atom. The average Bonchev–Trinajstić information content (AvgIpc) is 2.87. The number of nitrogens with one attached hydrogen (secondary N) is 1. The molecule has 2 atom stereocenters. The minimum absolute atomic E-state index is 0.125. The van der Waals surface area contributed by atoms with Crippen molar-refractivity contribution in [2.75, 3.05) is 6.54 Å². The van der Waals surface area contributed by atoms with Crippen LogP contribution in [0, 0.1) is 11.8 Å². The van der Waals surface area contributed by atoms with E-state index >= 15 is 0 Å². The molecule has 1 heterocycles. The summed E-state index contributed by atoms with van der Waals surface area (Å²) < 4.78 is 31.7. The summed E-state index contributed by atoms with van der Waals surface area (Å²) in [7, 11) is -3.60. The van der Waals surface area contributed by atoms with Gasteiger partial charge in [0.25, 0.3) is 10.0 Å². The van der Waals surface area contributed by atoms with Gasteiger partial charge in [-0.15, -0.1) is 0 Å². The van der Waals surface area contributed by atoms with Crippen molar-refractivity contribution in [1.29, 1.82) is 0 Å². The Bertz CT molecular complexity index is 508. The second kappa shape index (κ2) is 6.07. The van der Waals surface area contributed by atoms with E-state index in [1.54, 1.807) is 0 Å². The average molecular weight is 287 g/mol. The molecule has 1 fully saturated rings. The lowest BCUT2D eigenvalue weighted by Crippen LogP contribution is -2.33. The predicted octanol–water partition coefficient (Wildman–Crippen LogP) is 1.88. The highest BCUT2D eigenvalue weighted by Crippen LogP contribution is 2.29. The van der Waals surface area contributed by atoms with Crippen LogP contribution < -0.4 is 4.72 Å². The topological polar surface area (TPSA) is 79.5 Å². The zero-order chi connectivity index (χ0) is 13.9. The van der Waals surface area contributed by atoms with Gasteiger partial charge in [-0.3, -0.25) is 0 Å². The second-order valence-electron chi connectivity index (χ2n) is 5.25. The molecule has 0 radical (unpaired) electrons. The molecule has 0 amide bonds. The molecule has 0 bridgehead atoms. The van der Waals surface area contributed by atoms with Crippen molar-refractivity contribution in [1.82, 2.24) is 4.72 Å². The highest BCUT2D eigenvalue weighted by Gasteiger charge is 2.25. The molecule has 1 saturated carbocycles. The summed E-state index contributed by atoms with van der Waals surface area (Å²) >= 11 is 0. The number of sulfonamides is 1. The van der Waals surface area contributed by atoms with Crippen LogP contribution in [0.15, 0.2) is 21.6 Å². The van der Waals surface area contributed by atoms with E-state index in [-0.39, 0.29) is 17.5 Å². The molecule has 2 unspecified atom stereocenters. The molecule has 19 heavy (non-hydrogen) atoms. The molecule has 0 spiro atoms. The van der Waals surface area contributed by atoms with Crippen LogP contribution in [0.1, 0.15) is 38.4 Å². The van der Waals surface area contributed by atoms with Gasteiger partial charge in [-0.25, -0.2) is 13.1 Å². The van der Waals surface area contributed by atoms with Crippen LogP contribution in [0.5, 0.6) is 0 Å². The van der Waals surface area contributed by atoms with Crippen molar-refractivity contribution >= 4 is 10.0 Å². The number of rotatable bonds is 5. The third kappa shape index (κ3) is 3.58. The molecule has 0 saturated heterocycles. The van der Waals surface area contributed by atoms with E-state index in [2.05, 4.69) is 11.6 Å². The lowest BCUT2D eigenvalue weighted by atomic mass is 9.81. The molecular weight excluding hydrogens is 266 g/mol. The largest absolute Gasteiger partial charge is 0.446 e. The Morgan fingerprint density at radius 3 is 2.74 bits per heavy atom. The predicted molar refractivity (Wildman–Crippen MR) is 70.9 cm³/mol. The van der Waals surface area contributed by atoms with E-state index in [0.717, 1.165) is 6.42 Å².